The summed E-state index contributed by atoms with van der Waals surface area (Å²) in [5.41, 5.74) is 1.03. The number of thioether (sulfide) groups is 1. The summed E-state index contributed by atoms with van der Waals surface area (Å²) in [6, 6.07) is 8.06. The average Bonchev–Trinajstić information content (AvgIpc) is 2.44. The maximum absolute atomic E-state index is 12.4. The molecule has 0 saturated carbocycles. The Labute approximate surface area is 124 Å². The quantitative estimate of drug-likeness (QED) is 0.900. The smallest absolute Gasteiger partial charge is 0.241 e. The van der Waals surface area contributed by atoms with Crippen LogP contribution in [0, 0.1) is 0 Å². The maximum atomic E-state index is 12.4. The number of para-hydroxylation sites is 1. The first-order valence-corrected chi connectivity index (χ1v) is 7.95. The molecule has 1 aliphatic heterocycles. The fourth-order valence-corrected chi connectivity index (χ4v) is 3.23. The molecule has 1 unspecified atom stereocenters. The molecular weight excluding hydrogens is 272 g/mol. The first-order chi connectivity index (χ1) is 9.58. The molecule has 0 radical (unpaired) electrons. The van der Waals surface area contributed by atoms with Crippen molar-refractivity contribution in [3.8, 4) is 0 Å². The maximum Gasteiger partial charge on any atom is 0.241 e. The zero-order valence-corrected chi connectivity index (χ0v) is 12.9. The molecule has 1 heterocycles. The molecule has 0 spiro atoms. The Balaban J connectivity index is 1.97. The Morgan fingerprint density at radius 2 is 2.25 bits per heavy atom. The number of carbonyl (C=O) groups is 1. The van der Waals surface area contributed by atoms with Crippen LogP contribution in [0.5, 0.6) is 0 Å². The van der Waals surface area contributed by atoms with Gasteiger partial charge in [0.1, 0.15) is 0 Å². The van der Waals surface area contributed by atoms with Gasteiger partial charge in [0.2, 0.25) is 5.91 Å². The van der Waals surface area contributed by atoms with Crippen molar-refractivity contribution in [3.05, 3.63) is 24.3 Å². The van der Waals surface area contributed by atoms with Crippen LogP contribution in [-0.2, 0) is 4.79 Å². The lowest BCUT2D eigenvalue weighted by Crippen LogP contribution is -2.42. The van der Waals surface area contributed by atoms with Gasteiger partial charge in [-0.05, 0) is 32.5 Å². The third kappa shape index (κ3) is 3.98. The van der Waals surface area contributed by atoms with Gasteiger partial charge < -0.3 is 10.0 Å². The van der Waals surface area contributed by atoms with Crippen molar-refractivity contribution in [1.29, 1.82) is 0 Å². The summed E-state index contributed by atoms with van der Waals surface area (Å²) >= 11 is 1.80. The van der Waals surface area contributed by atoms with Crippen LogP contribution in [-0.4, -0.2) is 54.5 Å². The summed E-state index contributed by atoms with van der Waals surface area (Å²) in [5, 5.41) is 9.29. The van der Waals surface area contributed by atoms with Crippen molar-refractivity contribution in [2.24, 2.45) is 0 Å². The van der Waals surface area contributed by atoms with E-state index in [-0.39, 0.29) is 12.0 Å². The fraction of sp³-hybridized carbons (Fsp3) is 0.533. The Hall–Kier alpha value is -1.04. The van der Waals surface area contributed by atoms with Crippen molar-refractivity contribution in [2.75, 3.05) is 37.3 Å². The van der Waals surface area contributed by atoms with E-state index in [9.17, 15) is 9.90 Å². The van der Waals surface area contributed by atoms with Crippen LogP contribution in [0.4, 0.5) is 5.69 Å². The van der Waals surface area contributed by atoms with Crippen LogP contribution in [0.1, 0.15) is 13.3 Å². The molecule has 5 heteroatoms. The highest BCUT2D eigenvalue weighted by atomic mass is 32.2. The fourth-order valence-electron chi connectivity index (χ4n) is 2.23. The molecule has 110 valence electrons. The number of likely N-dealkylation sites (N-methyl/N-ethyl adjacent to an activating group) is 1. The molecule has 1 amide bonds. The number of hydrogen-bond acceptors (Lipinski definition) is 4. The number of anilines is 1. The largest absolute Gasteiger partial charge is 0.393 e. The summed E-state index contributed by atoms with van der Waals surface area (Å²) in [5.74, 6) is 1.07. The third-order valence-corrected chi connectivity index (χ3v) is 4.41. The minimum Gasteiger partial charge on any atom is -0.393 e. The highest BCUT2D eigenvalue weighted by Gasteiger charge is 2.23. The van der Waals surface area contributed by atoms with E-state index >= 15 is 0 Å². The molecule has 20 heavy (non-hydrogen) atoms. The number of nitrogens with zero attached hydrogens (tertiary/aromatic N) is 2. The lowest BCUT2D eigenvalue weighted by atomic mass is 10.2. The number of amides is 1. The van der Waals surface area contributed by atoms with E-state index in [1.165, 1.54) is 4.90 Å². The second-order valence-corrected chi connectivity index (χ2v) is 6.37. The van der Waals surface area contributed by atoms with Gasteiger partial charge in [-0.3, -0.25) is 9.69 Å². The van der Waals surface area contributed by atoms with Crippen LogP contribution in [0.15, 0.2) is 29.2 Å². The Morgan fingerprint density at radius 3 is 3.00 bits per heavy atom. The molecule has 1 aromatic rings. The second kappa shape index (κ2) is 7.11. The predicted molar refractivity (Wildman–Crippen MR) is 83.3 cm³/mol. The highest BCUT2D eigenvalue weighted by molar-refractivity contribution is 7.99. The van der Waals surface area contributed by atoms with Crippen molar-refractivity contribution in [3.63, 3.8) is 0 Å². The first kappa shape index (κ1) is 15.4. The minimum atomic E-state index is -0.320. The monoisotopic (exact) mass is 294 g/mol. The van der Waals surface area contributed by atoms with Crippen molar-refractivity contribution < 1.29 is 9.90 Å². The summed E-state index contributed by atoms with van der Waals surface area (Å²) in [7, 11) is 1.92. The summed E-state index contributed by atoms with van der Waals surface area (Å²) < 4.78 is 0. The molecular formula is C15H22N2O2S. The number of benzene rings is 1. The lowest BCUT2D eigenvalue weighted by Gasteiger charge is -2.30. The van der Waals surface area contributed by atoms with Gasteiger partial charge >= 0.3 is 0 Å². The van der Waals surface area contributed by atoms with Crippen molar-refractivity contribution >= 4 is 23.4 Å². The first-order valence-electron chi connectivity index (χ1n) is 6.96. The van der Waals surface area contributed by atoms with Crippen LogP contribution >= 0.6 is 11.8 Å². The Kier molecular flexibility index (Phi) is 5.46. The number of hydrogen-bond donors (Lipinski definition) is 1. The molecule has 0 aromatic heterocycles. The third-order valence-electron chi connectivity index (χ3n) is 3.36. The number of aliphatic hydroxyl groups excluding tert-OH is 1. The lowest BCUT2D eigenvalue weighted by molar-refractivity contribution is -0.119. The molecule has 1 atom stereocenters. The second-order valence-electron chi connectivity index (χ2n) is 5.24. The van der Waals surface area contributed by atoms with Gasteiger partial charge in [0.25, 0.3) is 0 Å². The van der Waals surface area contributed by atoms with Gasteiger partial charge in [0.05, 0.1) is 18.3 Å². The van der Waals surface area contributed by atoms with E-state index in [4.69, 9.17) is 0 Å². The zero-order chi connectivity index (χ0) is 14.5. The van der Waals surface area contributed by atoms with Crippen LogP contribution in [0.3, 0.4) is 0 Å². The number of carbonyl (C=O) groups excluding carboxylic acids is 1. The van der Waals surface area contributed by atoms with E-state index < -0.39 is 0 Å². The molecule has 2 rings (SSSR count). The Morgan fingerprint density at radius 1 is 1.50 bits per heavy atom. The predicted octanol–water partition coefficient (Wildman–Crippen LogP) is 1.83. The van der Waals surface area contributed by atoms with Gasteiger partial charge in [-0.15, -0.1) is 11.8 Å². The molecule has 1 aromatic carbocycles. The topological polar surface area (TPSA) is 43.8 Å². The Bertz CT molecular complexity index is 465. The van der Waals surface area contributed by atoms with E-state index in [1.54, 1.807) is 18.7 Å². The molecule has 1 N–H and O–H groups in total. The van der Waals surface area contributed by atoms with Crippen LogP contribution in [0.25, 0.3) is 0 Å². The number of aliphatic hydroxyl groups is 1. The molecule has 4 nitrogen and oxygen atoms in total. The SMILES string of the molecule is CC(O)CCN(C)CC(=O)N1CCSc2ccccc21. The average molecular weight is 294 g/mol. The van der Waals surface area contributed by atoms with Gasteiger partial charge in [0.15, 0.2) is 0 Å². The highest BCUT2D eigenvalue weighted by Crippen LogP contribution is 2.34. The molecule has 0 fully saturated rings. The number of rotatable bonds is 5. The molecule has 0 bridgehead atoms. The van der Waals surface area contributed by atoms with E-state index in [1.807, 2.05) is 35.0 Å². The standard InChI is InChI=1S/C15H22N2O2S/c1-12(18)7-8-16(2)11-15(19)17-9-10-20-14-6-4-3-5-13(14)17/h3-6,12,18H,7-11H2,1-2H3. The van der Waals surface area contributed by atoms with Gasteiger partial charge in [-0.1, -0.05) is 12.1 Å². The summed E-state index contributed by atoms with van der Waals surface area (Å²) in [6.45, 7) is 3.66. The van der Waals surface area contributed by atoms with Crippen molar-refractivity contribution in [2.45, 2.75) is 24.3 Å². The van der Waals surface area contributed by atoms with Crippen molar-refractivity contribution in [1.82, 2.24) is 4.90 Å². The molecule has 0 aliphatic carbocycles. The van der Waals surface area contributed by atoms with Gasteiger partial charge in [-0.2, -0.15) is 0 Å². The normalized spacial score (nSPS) is 16.1. The minimum absolute atomic E-state index is 0.130. The van der Waals surface area contributed by atoms with E-state index in [2.05, 4.69) is 6.07 Å². The summed E-state index contributed by atoms with van der Waals surface area (Å²) in [6.07, 6.45) is 0.371. The zero-order valence-electron chi connectivity index (χ0n) is 12.1. The molecule has 1 aliphatic rings. The van der Waals surface area contributed by atoms with Gasteiger partial charge in [0, 0.05) is 23.7 Å². The van der Waals surface area contributed by atoms with Crippen LogP contribution in [0.2, 0.25) is 0 Å². The summed E-state index contributed by atoms with van der Waals surface area (Å²) in [4.78, 5) is 17.5. The van der Waals surface area contributed by atoms with Gasteiger partial charge in [-0.25, -0.2) is 0 Å². The molecule has 0 saturated heterocycles. The number of fused-ring (bicyclic) bond motifs is 1. The van der Waals surface area contributed by atoms with E-state index in [0.29, 0.717) is 13.0 Å². The van der Waals surface area contributed by atoms with Crippen LogP contribution < -0.4 is 4.90 Å². The van der Waals surface area contributed by atoms with E-state index in [0.717, 1.165) is 24.5 Å².